The number of nitrogens with one attached hydrogen (secondary N) is 1. The molecule has 0 spiro atoms. The molecule has 0 radical (unpaired) electrons. The maximum atomic E-state index is 7.12. The van der Waals surface area contributed by atoms with E-state index in [2.05, 4.69) is 187 Å². The largest absolute Gasteiger partial charge is 0.485 e. The zero-order chi connectivity index (χ0) is 34.0. The van der Waals surface area contributed by atoms with Crippen molar-refractivity contribution in [2.24, 2.45) is 0 Å². The molecule has 0 fully saturated rings. The summed E-state index contributed by atoms with van der Waals surface area (Å²) in [4.78, 5) is 0. The third-order valence-electron chi connectivity index (χ3n) is 9.70. The molecule has 51 heavy (non-hydrogen) atoms. The number of fused-ring (bicyclic) bond motifs is 6. The van der Waals surface area contributed by atoms with Crippen LogP contribution in [0.15, 0.2) is 194 Å². The average Bonchev–Trinajstić information content (AvgIpc) is 3.19. The molecule has 7 aromatic rings. The van der Waals surface area contributed by atoms with Crippen molar-refractivity contribution in [3.8, 4) is 61.8 Å². The predicted molar refractivity (Wildman–Crippen MR) is 210 cm³/mol. The summed E-state index contributed by atoms with van der Waals surface area (Å²) in [5, 5.41) is 3.67. The van der Waals surface area contributed by atoms with Gasteiger partial charge in [-0.25, -0.2) is 0 Å². The zero-order valence-electron chi connectivity index (χ0n) is 27.9. The van der Waals surface area contributed by atoms with Crippen molar-refractivity contribution in [3.05, 3.63) is 200 Å². The smallest absolute Gasteiger partial charge is 0.136 e. The van der Waals surface area contributed by atoms with Crippen LogP contribution in [0.25, 0.3) is 44.5 Å². The number of benzene rings is 7. The number of anilines is 2. The highest BCUT2D eigenvalue weighted by molar-refractivity contribution is 5.99. The third-order valence-corrected chi connectivity index (χ3v) is 9.70. The van der Waals surface area contributed by atoms with Crippen molar-refractivity contribution in [3.63, 3.8) is 0 Å². The fourth-order valence-corrected chi connectivity index (χ4v) is 7.31. The van der Waals surface area contributed by atoms with Gasteiger partial charge in [0.1, 0.15) is 23.4 Å². The summed E-state index contributed by atoms with van der Waals surface area (Å²) in [6, 6.07) is 59.2. The van der Waals surface area contributed by atoms with Gasteiger partial charge in [-0.2, -0.15) is 0 Å². The second-order valence-corrected chi connectivity index (χ2v) is 12.9. The number of hydrogen-bond donors (Lipinski definition) is 1. The van der Waals surface area contributed by atoms with Crippen LogP contribution in [-0.2, 0) is 0 Å². The second-order valence-electron chi connectivity index (χ2n) is 12.9. The van der Waals surface area contributed by atoms with Gasteiger partial charge in [-0.1, -0.05) is 146 Å². The van der Waals surface area contributed by atoms with E-state index in [0.29, 0.717) is 0 Å². The minimum absolute atomic E-state index is 0.0118. The summed E-state index contributed by atoms with van der Waals surface area (Å²) in [7, 11) is 0. The lowest BCUT2D eigenvalue weighted by Gasteiger charge is -2.31. The van der Waals surface area contributed by atoms with Crippen LogP contribution >= 0.6 is 0 Å². The van der Waals surface area contributed by atoms with Crippen LogP contribution in [0.5, 0.6) is 17.2 Å². The zero-order valence-corrected chi connectivity index (χ0v) is 27.9. The van der Waals surface area contributed by atoms with E-state index < -0.39 is 0 Å². The monoisotopic (exact) mass is 657 g/mol. The van der Waals surface area contributed by atoms with E-state index in [1.54, 1.807) is 0 Å². The van der Waals surface area contributed by atoms with Crippen molar-refractivity contribution < 1.29 is 9.47 Å². The number of rotatable bonds is 5. The first-order valence-corrected chi connectivity index (χ1v) is 17.4. The van der Waals surface area contributed by atoms with Gasteiger partial charge in [0.05, 0.1) is 0 Å². The van der Waals surface area contributed by atoms with E-state index in [1.165, 1.54) is 0 Å². The van der Waals surface area contributed by atoms with Crippen LogP contribution < -0.4 is 14.8 Å². The van der Waals surface area contributed by atoms with Crippen LogP contribution in [0, 0.1) is 0 Å². The van der Waals surface area contributed by atoms with Crippen molar-refractivity contribution in [1.29, 1.82) is 0 Å². The van der Waals surface area contributed by atoms with Gasteiger partial charge in [-0.3, -0.25) is 0 Å². The topological polar surface area (TPSA) is 30.5 Å². The Kier molecular flexibility index (Phi) is 7.99. The number of allylic oxidation sites excluding steroid dienone is 2. The number of para-hydroxylation sites is 2. The van der Waals surface area contributed by atoms with Gasteiger partial charge in [0, 0.05) is 39.5 Å². The van der Waals surface area contributed by atoms with Crippen molar-refractivity contribution in [1.82, 2.24) is 0 Å². The Labute approximate surface area is 298 Å². The molecule has 1 heterocycles. The van der Waals surface area contributed by atoms with Crippen LogP contribution in [0.4, 0.5) is 11.4 Å². The fourth-order valence-electron chi connectivity index (χ4n) is 7.31. The summed E-state index contributed by atoms with van der Waals surface area (Å²) >= 11 is 0. The maximum Gasteiger partial charge on any atom is 0.136 e. The van der Waals surface area contributed by atoms with Gasteiger partial charge in [0.2, 0.25) is 0 Å². The normalized spacial score (nSPS) is 15.6. The molecule has 3 heteroatoms. The highest BCUT2D eigenvalue weighted by Gasteiger charge is 2.30. The average molecular weight is 658 g/mol. The van der Waals surface area contributed by atoms with Crippen LogP contribution in [0.1, 0.15) is 11.5 Å². The third kappa shape index (κ3) is 5.89. The van der Waals surface area contributed by atoms with Crippen LogP contribution in [0.3, 0.4) is 0 Å². The Morgan fingerprint density at radius 2 is 1.02 bits per heavy atom. The van der Waals surface area contributed by atoms with Gasteiger partial charge in [-0.15, -0.1) is 0 Å². The lowest BCUT2D eigenvalue weighted by Crippen LogP contribution is -2.24. The molecule has 2 aliphatic rings. The van der Waals surface area contributed by atoms with Crippen molar-refractivity contribution >= 4 is 11.4 Å². The first-order valence-electron chi connectivity index (χ1n) is 17.4. The molecule has 0 aromatic heterocycles. The molecule has 2 unspecified atom stereocenters. The molecule has 0 amide bonds. The quantitative estimate of drug-likeness (QED) is 0.200. The minimum atomic E-state index is -0.216. The van der Waals surface area contributed by atoms with Gasteiger partial charge in [-0.05, 0) is 76.4 Å². The molecule has 1 aliphatic carbocycles. The van der Waals surface area contributed by atoms with E-state index in [0.717, 1.165) is 78.7 Å². The first-order chi connectivity index (χ1) is 25.3. The van der Waals surface area contributed by atoms with Crippen molar-refractivity contribution in [2.75, 3.05) is 5.32 Å². The molecule has 0 saturated carbocycles. The van der Waals surface area contributed by atoms with E-state index in [4.69, 9.17) is 9.47 Å². The number of hydrogen-bond acceptors (Lipinski definition) is 3. The standard InChI is InChI=1S/C48H35NO2/c1-4-16-33(17-5-1)37-24-14-28-45-47(37)48-38(25-15-29-46(48)51-44-27-13-11-23-40(44)39-22-10-12-26-43(39)50-45)35-30-31-42(49-36-20-8-3-9-21-36)41(32-35)34-18-6-2-7-19-34/h1-32,39,43,49H. The van der Waals surface area contributed by atoms with Crippen molar-refractivity contribution in [2.45, 2.75) is 12.0 Å². The summed E-state index contributed by atoms with van der Waals surface area (Å²) in [6.07, 6.45) is 8.32. The molecule has 0 bridgehead atoms. The molecular weight excluding hydrogens is 623 g/mol. The highest BCUT2D eigenvalue weighted by Crippen LogP contribution is 2.52. The molecule has 244 valence electrons. The molecule has 7 aromatic carbocycles. The molecule has 2 atom stereocenters. The van der Waals surface area contributed by atoms with Crippen LogP contribution in [0.2, 0.25) is 0 Å². The predicted octanol–water partition coefficient (Wildman–Crippen LogP) is 12.9. The van der Waals surface area contributed by atoms with Gasteiger partial charge < -0.3 is 14.8 Å². The Balaban J connectivity index is 1.31. The molecule has 9 rings (SSSR count). The van der Waals surface area contributed by atoms with Gasteiger partial charge >= 0.3 is 0 Å². The fraction of sp³-hybridized carbons (Fsp3) is 0.0417. The second kappa shape index (κ2) is 13.4. The summed E-state index contributed by atoms with van der Waals surface area (Å²) < 4.78 is 14.2. The first kappa shape index (κ1) is 30.5. The summed E-state index contributed by atoms with van der Waals surface area (Å²) in [5.74, 6) is 2.40. The van der Waals surface area contributed by atoms with Gasteiger partial charge in [0.15, 0.2) is 0 Å². The van der Waals surface area contributed by atoms with E-state index >= 15 is 0 Å². The minimum Gasteiger partial charge on any atom is -0.485 e. The molecule has 1 N–H and O–H groups in total. The Bertz CT molecular complexity index is 2400. The van der Waals surface area contributed by atoms with Gasteiger partial charge in [0.25, 0.3) is 0 Å². The lowest BCUT2D eigenvalue weighted by atomic mass is 9.86. The summed E-state index contributed by atoms with van der Waals surface area (Å²) in [5.41, 5.74) is 11.7. The molecule has 0 saturated heterocycles. The molecular formula is C48H35NO2. The summed E-state index contributed by atoms with van der Waals surface area (Å²) in [6.45, 7) is 0. The Morgan fingerprint density at radius 3 is 1.78 bits per heavy atom. The number of ether oxygens (including phenoxy) is 2. The lowest BCUT2D eigenvalue weighted by molar-refractivity contribution is 0.230. The van der Waals surface area contributed by atoms with E-state index in [-0.39, 0.29) is 12.0 Å². The highest BCUT2D eigenvalue weighted by atomic mass is 16.5. The Hall–Kier alpha value is -6.58. The Morgan fingerprint density at radius 1 is 0.431 bits per heavy atom. The van der Waals surface area contributed by atoms with E-state index in [9.17, 15) is 0 Å². The SMILES string of the molecule is C1=CC2Oc3cccc(-c4ccccc4)c3-c3c(cccc3-c3ccc(Nc4ccccc4)c(-c4ccccc4)c3)Oc3ccccc3C2C=C1. The van der Waals surface area contributed by atoms with Crippen LogP contribution in [-0.4, -0.2) is 6.10 Å². The molecule has 3 nitrogen and oxygen atoms in total. The van der Waals surface area contributed by atoms with E-state index in [1.807, 2.05) is 12.1 Å². The maximum absolute atomic E-state index is 7.12. The molecule has 1 aliphatic heterocycles.